The molecule has 1 nitrogen and oxygen atoms in total. The Kier molecular flexibility index (Phi) is 1.96. The van der Waals surface area contributed by atoms with E-state index in [1.54, 1.807) is 0 Å². The SMILES string of the molecule is C[C@@H]1[C@H]2C[C@@H](C[C@H]1NS)C2(C)C. The minimum Gasteiger partial charge on any atom is -0.263 e. The van der Waals surface area contributed by atoms with Crippen LogP contribution < -0.4 is 4.72 Å². The second-order valence-electron chi connectivity index (χ2n) is 5.19. The molecule has 0 amide bonds. The summed E-state index contributed by atoms with van der Waals surface area (Å²) in [6.45, 7) is 7.23. The van der Waals surface area contributed by atoms with Gasteiger partial charge >= 0.3 is 0 Å². The fourth-order valence-electron chi connectivity index (χ4n) is 3.32. The van der Waals surface area contributed by atoms with E-state index < -0.39 is 0 Å². The van der Waals surface area contributed by atoms with Crippen molar-refractivity contribution in [2.75, 3.05) is 0 Å². The van der Waals surface area contributed by atoms with E-state index in [4.69, 9.17) is 0 Å². The van der Waals surface area contributed by atoms with E-state index in [1.807, 2.05) is 0 Å². The molecule has 0 saturated heterocycles. The lowest BCUT2D eigenvalue weighted by molar-refractivity contribution is -0.110. The van der Waals surface area contributed by atoms with Gasteiger partial charge in [-0.1, -0.05) is 33.6 Å². The Morgan fingerprint density at radius 2 is 2.00 bits per heavy atom. The normalized spacial score (nSPS) is 50.0. The molecule has 1 N–H and O–H groups in total. The number of hydrogen-bond acceptors (Lipinski definition) is 2. The minimum absolute atomic E-state index is 0.612. The van der Waals surface area contributed by atoms with Crippen LogP contribution in [0, 0.1) is 23.2 Å². The molecule has 0 radical (unpaired) electrons. The molecule has 0 aliphatic heterocycles. The molecule has 2 heteroatoms. The molecule has 0 aromatic heterocycles. The van der Waals surface area contributed by atoms with E-state index >= 15 is 0 Å². The summed E-state index contributed by atoms with van der Waals surface area (Å²) in [4.78, 5) is 0. The van der Waals surface area contributed by atoms with E-state index in [2.05, 4.69) is 38.3 Å². The zero-order chi connectivity index (χ0) is 8.93. The molecule has 70 valence electrons. The van der Waals surface area contributed by atoms with Gasteiger partial charge in [-0.05, 0) is 36.0 Å². The third kappa shape index (κ3) is 0.973. The van der Waals surface area contributed by atoms with Gasteiger partial charge in [0.2, 0.25) is 0 Å². The first-order valence-corrected chi connectivity index (χ1v) is 5.41. The number of hydrogen-bond donors (Lipinski definition) is 2. The van der Waals surface area contributed by atoms with Crippen LogP contribution in [0.4, 0.5) is 0 Å². The predicted molar refractivity (Wildman–Crippen MR) is 55.1 cm³/mol. The highest BCUT2D eigenvalue weighted by atomic mass is 32.1. The number of fused-ring (bicyclic) bond motifs is 2. The summed E-state index contributed by atoms with van der Waals surface area (Å²) in [5.74, 6) is 2.69. The summed E-state index contributed by atoms with van der Waals surface area (Å²) < 4.78 is 3.15. The van der Waals surface area contributed by atoms with Crippen molar-refractivity contribution in [2.24, 2.45) is 23.2 Å². The van der Waals surface area contributed by atoms with Crippen molar-refractivity contribution in [3.05, 3.63) is 0 Å². The topological polar surface area (TPSA) is 12.0 Å². The van der Waals surface area contributed by atoms with Crippen molar-refractivity contribution in [3.63, 3.8) is 0 Å². The number of rotatable bonds is 1. The zero-order valence-electron chi connectivity index (χ0n) is 8.17. The Bertz CT molecular complexity index is 190. The fraction of sp³-hybridized carbons (Fsp3) is 1.00. The average molecular weight is 185 g/mol. The highest BCUT2D eigenvalue weighted by molar-refractivity contribution is 7.78. The quantitative estimate of drug-likeness (QED) is 0.598. The lowest BCUT2D eigenvalue weighted by Gasteiger charge is -2.62. The van der Waals surface area contributed by atoms with Gasteiger partial charge in [-0.15, -0.1) is 0 Å². The monoisotopic (exact) mass is 185 g/mol. The van der Waals surface area contributed by atoms with Crippen LogP contribution in [0.2, 0.25) is 0 Å². The molecular weight excluding hydrogens is 166 g/mol. The summed E-state index contributed by atoms with van der Waals surface area (Å²) in [7, 11) is 0. The van der Waals surface area contributed by atoms with Crippen molar-refractivity contribution in [2.45, 2.75) is 39.7 Å². The molecule has 4 atom stereocenters. The fourth-order valence-corrected chi connectivity index (χ4v) is 3.66. The third-order valence-electron chi connectivity index (χ3n) is 4.52. The van der Waals surface area contributed by atoms with Gasteiger partial charge in [0.05, 0.1) is 0 Å². The van der Waals surface area contributed by atoms with Gasteiger partial charge < -0.3 is 0 Å². The lowest BCUT2D eigenvalue weighted by Crippen LogP contribution is -2.58. The minimum atomic E-state index is 0.612. The van der Waals surface area contributed by atoms with Crippen molar-refractivity contribution in [1.82, 2.24) is 4.72 Å². The predicted octanol–water partition coefficient (Wildman–Crippen LogP) is 2.49. The summed E-state index contributed by atoms with van der Waals surface area (Å²) in [6.07, 6.45) is 2.79. The second-order valence-corrected chi connectivity index (χ2v) is 5.45. The Labute approximate surface area is 80.9 Å². The molecule has 0 unspecified atom stereocenters. The first-order valence-electron chi connectivity index (χ1n) is 4.97. The van der Waals surface area contributed by atoms with Crippen LogP contribution in [0.15, 0.2) is 0 Å². The molecule has 3 aliphatic rings. The van der Waals surface area contributed by atoms with Crippen molar-refractivity contribution in [3.8, 4) is 0 Å². The average Bonchev–Trinajstić information content (AvgIpc) is 2.03. The van der Waals surface area contributed by atoms with Crippen LogP contribution in [0.1, 0.15) is 33.6 Å². The van der Waals surface area contributed by atoms with E-state index in [1.165, 1.54) is 12.8 Å². The van der Waals surface area contributed by atoms with Gasteiger partial charge in [0, 0.05) is 6.04 Å². The molecule has 3 fully saturated rings. The van der Waals surface area contributed by atoms with E-state index in [9.17, 15) is 0 Å². The molecule has 12 heavy (non-hydrogen) atoms. The van der Waals surface area contributed by atoms with Gasteiger partial charge in [-0.25, -0.2) is 0 Å². The van der Waals surface area contributed by atoms with Gasteiger partial charge in [0.25, 0.3) is 0 Å². The lowest BCUT2D eigenvalue weighted by atomic mass is 9.45. The van der Waals surface area contributed by atoms with Gasteiger partial charge in [0.15, 0.2) is 0 Å². The van der Waals surface area contributed by atoms with Crippen LogP contribution in [-0.2, 0) is 0 Å². The maximum absolute atomic E-state index is 4.19. The van der Waals surface area contributed by atoms with E-state index in [-0.39, 0.29) is 0 Å². The standard InChI is InChI=1S/C10H19NS/c1-6-8-4-7(10(8,2)3)5-9(6)11-12/h6-9,11-12H,4-5H2,1-3H3/t6-,7+,8-,9-/m1/s1. The van der Waals surface area contributed by atoms with Gasteiger partial charge in [-0.3, -0.25) is 4.72 Å². The maximum Gasteiger partial charge on any atom is 0.0200 e. The van der Waals surface area contributed by atoms with Gasteiger partial charge in [-0.2, -0.15) is 0 Å². The zero-order valence-corrected chi connectivity index (χ0v) is 9.07. The van der Waals surface area contributed by atoms with Crippen molar-refractivity contribution < 1.29 is 0 Å². The first kappa shape index (κ1) is 8.89. The van der Waals surface area contributed by atoms with Crippen LogP contribution in [-0.4, -0.2) is 6.04 Å². The molecule has 0 aromatic carbocycles. The molecule has 0 spiro atoms. The number of thiol groups is 1. The molecule has 3 saturated carbocycles. The number of nitrogens with one attached hydrogen (secondary N) is 1. The maximum atomic E-state index is 4.19. The van der Waals surface area contributed by atoms with Crippen LogP contribution in [0.3, 0.4) is 0 Å². The highest BCUT2D eigenvalue weighted by Gasteiger charge is 2.55. The second kappa shape index (κ2) is 2.65. The van der Waals surface area contributed by atoms with Crippen molar-refractivity contribution in [1.29, 1.82) is 0 Å². The Morgan fingerprint density at radius 1 is 1.33 bits per heavy atom. The van der Waals surface area contributed by atoms with Crippen LogP contribution in [0.5, 0.6) is 0 Å². The largest absolute Gasteiger partial charge is 0.263 e. The molecule has 2 bridgehead atoms. The molecule has 0 heterocycles. The van der Waals surface area contributed by atoms with Gasteiger partial charge in [0.1, 0.15) is 0 Å². The molecule has 3 aliphatic carbocycles. The summed E-state index contributed by atoms with van der Waals surface area (Å²) in [5, 5.41) is 0. The third-order valence-corrected chi connectivity index (χ3v) is 4.85. The Balaban J connectivity index is 2.11. The van der Waals surface area contributed by atoms with Crippen molar-refractivity contribution >= 4 is 12.8 Å². The Morgan fingerprint density at radius 3 is 2.42 bits per heavy atom. The molecular formula is C10H19NS. The van der Waals surface area contributed by atoms with Crippen LogP contribution >= 0.6 is 12.8 Å². The smallest absolute Gasteiger partial charge is 0.0200 e. The summed E-state index contributed by atoms with van der Waals surface area (Å²) >= 11 is 4.19. The summed E-state index contributed by atoms with van der Waals surface area (Å²) in [6, 6.07) is 0.658. The van der Waals surface area contributed by atoms with Crippen LogP contribution in [0.25, 0.3) is 0 Å². The summed E-state index contributed by atoms with van der Waals surface area (Å²) in [5.41, 5.74) is 0.612. The molecule has 3 rings (SSSR count). The highest BCUT2D eigenvalue weighted by Crippen LogP contribution is 2.61. The van der Waals surface area contributed by atoms with E-state index in [0.29, 0.717) is 11.5 Å². The first-order chi connectivity index (χ1) is 5.57. The Hall–Kier alpha value is 0.310. The van der Waals surface area contributed by atoms with E-state index in [0.717, 1.165) is 17.8 Å². The molecule has 0 aromatic rings.